The number of carbonyl (C=O) groups excluding carboxylic acids is 2. The first-order chi connectivity index (χ1) is 13.8. The van der Waals surface area contributed by atoms with Crippen molar-refractivity contribution in [2.75, 3.05) is 12.9 Å². The van der Waals surface area contributed by atoms with Crippen LogP contribution in [0.1, 0.15) is 69.9 Å². The van der Waals surface area contributed by atoms with Crippen molar-refractivity contribution in [2.45, 2.75) is 49.8 Å². The van der Waals surface area contributed by atoms with Gasteiger partial charge < -0.3 is 4.74 Å². The summed E-state index contributed by atoms with van der Waals surface area (Å²) < 4.78 is 28.6. The van der Waals surface area contributed by atoms with Crippen LogP contribution in [0.2, 0.25) is 0 Å². The molecule has 3 rings (SSSR count). The maximum Gasteiger partial charge on any atom is 0.338 e. The number of benzene rings is 2. The minimum absolute atomic E-state index is 0.0414. The highest BCUT2D eigenvalue weighted by molar-refractivity contribution is 7.90. The lowest BCUT2D eigenvalue weighted by molar-refractivity contribution is 0.0473. The van der Waals surface area contributed by atoms with Gasteiger partial charge in [0.1, 0.15) is 0 Å². The molecular weight excluding hydrogens is 388 g/mol. The first kappa shape index (κ1) is 21.2. The molecule has 5 nitrogen and oxygen atoms in total. The van der Waals surface area contributed by atoms with Crippen LogP contribution < -0.4 is 0 Å². The Hall–Kier alpha value is -2.47. The molecule has 0 amide bonds. The fourth-order valence-corrected chi connectivity index (χ4v) is 4.37. The summed E-state index contributed by atoms with van der Waals surface area (Å²) in [5, 5.41) is 0. The monoisotopic (exact) mass is 414 g/mol. The van der Waals surface area contributed by atoms with Crippen LogP contribution in [0, 0.1) is 6.92 Å². The standard InChI is InChI=1S/C23H26O5S/c1-16-8-13-20(29(2,26)27)14-21(16)23(25)28-15-22(24)19-11-9-18(10-12-19)17-6-4-3-5-7-17/h8-14,17H,3-7,15H2,1-2H3. The van der Waals surface area contributed by atoms with Gasteiger partial charge in [-0.15, -0.1) is 0 Å². The number of Topliss-reactive ketones (excluding diaryl/α,β-unsaturated/α-hetero) is 1. The minimum Gasteiger partial charge on any atom is -0.454 e. The van der Waals surface area contributed by atoms with Crippen molar-refractivity contribution in [2.24, 2.45) is 0 Å². The van der Waals surface area contributed by atoms with Crippen LogP contribution in [0.15, 0.2) is 47.4 Å². The molecule has 1 aliphatic rings. The van der Waals surface area contributed by atoms with E-state index in [2.05, 4.69) is 0 Å². The molecule has 0 N–H and O–H groups in total. The number of hydrogen-bond acceptors (Lipinski definition) is 5. The van der Waals surface area contributed by atoms with E-state index < -0.39 is 15.8 Å². The second kappa shape index (κ2) is 8.91. The Morgan fingerprint density at radius 3 is 2.28 bits per heavy atom. The summed E-state index contributed by atoms with van der Waals surface area (Å²) >= 11 is 0. The molecule has 2 aromatic carbocycles. The molecule has 0 radical (unpaired) electrons. The summed E-state index contributed by atoms with van der Waals surface area (Å²) in [6.07, 6.45) is 7.26. The highest BCUT2D eigenvalue weighted by Crippen LogP contribution is 2.32. The molecule has 0 spiro atoms. The van der Waals surface area contributed by atoms with E-state index in [0.29, 0.717) is 17.0 Å². The molecule has 6 heteroatoms. The van der Waals surface area contributed by atoms with E-state index in [0.717, 1.165) is 6.26 Å². The van der Waals surface area contributed by atoms with E-state index in [1.807, 2.05) is 12.1 Å². The lowest BCUT2D eigenvalue weighted by atomic mass is 9.84. The quantitative estimate of drug-likeness (QED) is 0.514. The SMILES string of the molecule is Cc1ccc(S(C)(=O)=O)cc1C(=O)OCC(=O)c1ccc(C2CCCCC2)cc1. The van der Waals surface area contributed by atoms with Crippen molar-refractivity contribution in [3.8, 4) is 0 Å². The first-order valence-corrected chi connectivity index (χ1v) is 11.8. The lowest BCUT2D eigenvalue weighted by Crippen LogP contribution is -2.16. The van der Waals surface area contributed by atoms with Gasteiger partial charge in [0.2, 0.25) is 0 Å². The summed E-state index contributed by atoms with van der Waals surface area (Å²) in [4.78, 5) is 24.8. The maximum absolute atomic E-state index is 12.4. The van der Waals surface area contributed by atoms with E-state index in [1.54, 1.807) is 25.1 Å². The fourth-order valence-electron chi connectivity index (χ4n) is 3.72. The second-order valence-corrected chi connectivity index (χ2v) is 9.72. The van der Waals surface area contributed by atoms with Gasteiger partial charge in [-0.3, -0.25) is 4.79 Å². The predicted molar refractivity (Wildman–Crippen MR) is 111 cm³/mol. The van der Waals surface area contributed by atoms with E-state index in [9.17, 15) is 18.0 Å². The Bertz CT molecular complexity index is 1000. The normalized spacial score (nSPS) is 15.1. The summed E-state index contributed by atoms with van der Waals surface area (Å²) in [7, 11) is -3.44. The van der Waals surface area contributed by atoms with E-state index in [1.165, 1.54) is 49.8 Å². The Labute approximate surface area is 172 Å². The maximum atomic E-state index is 12.4. The smallest absolute Gasteiger partial charge is 0.338 e. The summed E-state index contributed by atoms with van der Waals surface area (Å²) in [5.74, 6) is -0.429. The topological polar surface area (TPSA) is 77.5 Å². The number of rotatable bonds is 6. The molecule has 0 aliphatic heterocycles. The van der Waals surface area contributed by atoms with Crippen LogP contribution in [0.3, 0.4) is 0 Å². The highest BCUT2D eigenvalue weighted by atomic mass is 32.2. The van der Waals surface area contributed by atoms with E-state index in [4.69, 9.17) is 4.74 Å². The van der Waals surface area contributed by atoms with Crippen molar-refractivity contribution in [1.82, 2.24) is 0 Å². The number of ketones is 1. The van der Waals surface area contributed by atoms with Gasteiger partial charge in [0, 0.05) is 11.8 Å². The number of carbonyl (C=O) groups is 2. The van der Waals surface area contributed by atoms with Crippen LogP contribution >= 0.6 is 0 Å². The zero-order chi connectivity index (χ0) is 21.0. The predicted octanol–water partition coefficient (Wildman–Crippen LogP) is 4.49. The van der Waals surface area contributed by atoms with Gasteiger partial charge in [0.05, 0.1) is 10.5 Å². The zero-order valence-electron chi connectivity index (χ0n) is 16.8. The van der Waals surface area contributed by atoms with Gasteiger partial charge >= 0.3 is 5.97 Å². The number of ether oxygens (including phenoxy) is 1. The third kappa shape index (κ3) is 5.32. The Balaban J connectivity index is 1.64. The number of hydrogen-bond donors (Lipinski definition) is 0. The first-order valence-electron chi connectivity index (χ1n) is 9.86. The molecule has 0 atom stereocenters. The van der Waals surface area contributed by atoms with Crippen molar-refractivity contribution in [1.29, 1.82) is 0 Å². The molecule has 2 aromatic rings. The Morgan fingerprint density at radius 1 is 1.00 bits per heavy atom. The summed E-state index contributed by atoms with van der Waals surface area (Å²) in [5.41, 5.74) is 2.49. The molecule has 1 saturated carbocycles. The van der Waals surface area contributed by atoms with E-state index >= 15 is 0 Å². The Morgan fingerprint density at radius 2 is 1.66 bits per heavy atom. The average molecular weight is 415 g/mol. The summed E-state index contributed by atoms with van der Waals surface area (Å²) in [6, 6.07) is 11.8. The van der Waals surface area contributed by atoms with Gasteiger partial charge in [0.15, 0.2) is 22.2 Å². The third-order valence-corrected chi connectivity index (χ3v) is 6.61. The van der Waals surface area contributed by atoms with Gasteiger partial charge in [-0.05, 0) is 48.9 Å². The number of aryl methyl sites for hydroxylation is 1. The van der Waals surface area contributed by atoms with Gasteiger partial charge in [-0.25, -0.2) is 13.2 Å². The largest absolute Gasteiger partial charge is 0.454 e. The minimum atomic E-state index is -3.44. The van der Waals surface area contributed by atoms with Gasteiger partial charge in [-0.2, -0.15) is 0 Å². The molecule has 0 heterocycles. The van der Waals surface area contributed by atoms with Crippen LogP contribution in [-0.4, -0.2) is 33.0 Å². The Kier molecular flexibility index (Phi) is 6.52. The number of sulfone groups is 1. The molecule has 0 aromatic heterocycles. The fraction of sp³-hybridized carbons (Fsp3) is 0.391. The van der Waals surface area contributed by atoms with Crippen molar-refractivity contribution >= 4 is 21.6 Å². The molecule has 1 aliphatic carbocycles. The number of esters is 1. The molecule has 0 saturated heterocycles. The molecule has 0 unspecified atom stereocenters. The van der Waals surface area contributed by atoms with E-state index in [-0.39, 0.29) is 22.8 Å². The van der Waals surface area contributed by atoms with Crippen LogP contribution in [0.5, 0.6) is 0 Å². The molecule has 29 heavy (non-hydrogen) atoms. The lowest BCUT2D eigenvalue weighted by Gasteiger charge is -2.22. The average Bonchev–Trinajstić information content (AvgIpc) is 2.72. The van der Waals surface area contributed by atoms with Crippen LogP contribution in [0.25, 0.3) is 0 Å². The molecule has 154 valence electrons. The van der Waals surface area contributed by atoms with Crippen LogP contribution in [-0.2, 0) is 14.6 Å². The van der Waals surface area contributed by atoms with Gasteiger partial charge in [0.25, 0.3) is 0 Å². The van der Waals surface area contributed by atoms with Crippen LogP contribution in [0.4, 0.5) is 0 Å². The molecule has 1 fully saturated rings. The van der Waals surface area contributed by atoms with Crippen molar-refractivity contribution in [3.05, 3.63) is 64.7 Å². The second-order valence-electron chi connectivity index (χ2n) is 7.71. The third-order valence-electron chi connectivity index (χ3n) is 5.50. The highest BCUT2D eigenvalue weighted by Gasteiger charge is 2.18. The zero-order valence-corrected chi connectivity index (χ0v) is 17.6. The summed E-state index contributed by atoms with van der Waals surface area (Å²) in [6.45, 7) is 1.30. The van der Waals surface area contributed by atoms with Crippen molar-refractivity contribution < 1.29 is 22.7 Å². The molecule has 0 bridgehead atoms. The van der Waals surface area contributed by atoms with Crippen molar-refractivity contribution in [3.63, 3.8) is 0 Å². The van der Waals surface area contributed by atoms with Gasteiger partial charge in [-0.1, -0.05) is 49.6 Å². The molecular formula is C23H26O5S.